The zero-order valence-corrected chi connectivity index (χ0v) is 12.4. The van der Waals surface area contributed by atoms with Crippen LogP contribution < -0.4 is 0 Å². The minimum absolute atomic E-state index is 0.261. The van der Waals surface area contributed by atoms with Crippen molar-refractivity contribution in [3.8, 4) is 11.5 Å². The Kier molecular flexibility index (Phi) is 4.01. The quantitative estimate of drug-likeness (QED) is 0.866. The van der Waals surface area contributed by atoms with E-state index >= 15 is 0 Å². The molecule has 4 nitrogen and oxygen atoms in total. The summed E-state index contributed by atoms with van der Waals surface area (Å²) in [6.07, 6.45) is 1.02. The molecule has 3 rings (SSSR count). The predicted molar refractivity (Wildman–Crippen MR) is 78.3 cm³/mol. The highest BCUT2D eigenvalue weighted by Crippen LogP contribution is 2.29. The minimum atomic E-state index is -0.333. The van der Waals surface area contributed by atoms with Crippen molar-refractivity contribution in [2.45, 2.75) is 26.2 Å². The third-order valence-corrected chi connectivity index (χ3v) is 3.79. The number of aromatic nitrogens is 2. The van der Waals surface area contributed by atoms with Gasteiger partial charge in [0, 0.05) is 13.1 Å². The van der Waals surface area contributed by atoms with Gasteiger partial charge in [-0.25, -0.2) is 4.39 Å². The van der Waals surface area contributed by atoms with E-state index in [9.17, 15) is 4.39 Å². The number of halogens is 1. The molecule has 2 heterocycles. The molecule has 2 aromatic rings. The van der Waals surface area contributed by atoms with Crippen molar-refractivity contribution in [1.82, 2.24) is 15.1 Å². The summed E-state index contributed by atoms with van der Waals surface area (Å²) in [7, 11) is 0. The van der Waals surface area contributed by atoms with Crippen LogP contribution in [0.1, 0.15) is 32.1 Å². The largest absolute Gasteiger partial charge is 0.420 e. The first kappa shape index (κ1) is 14.2. The molecule has 0 bridgehead atoms. The van der Waals surface area contributed by atoms with Gasteiger partial charge in [-0.3, -0.25) is 0 Å². The Morgan fingerprint density at radius 2 is 2.14 bits per heavy atom. The van der Waals surface area contributed by atoms with Gasteiger partial charge in [0.2, 0.25) is 5.89 Å². The molecule has 1 fully saturated rings. The van der Waals surface area contributed by atoms with Gasteiger partial charge in [0.1, 0.15) is 5.82 Å². The lowest BCUT2D eigenvalue weighted by Gasteiger charge is -2.17. The second-order valence-corrected chi connectivity index (χ2v) is 6.06. The molecule has 112 valence electrons. The van der Waals surface area contributed by atoms with E-state index in [0.717, 1.165) is 26.1 Å². The minimum Gasteiger partial charge on any atom is -0.420 e. The van der Waals surface area contributed by atoms with Crippen molar-refractivity contribution in [3.63, 3.8) is 0 Å². The van der Waals surface area contributed by atoms with Crippen molar-refractivity contribution < 1.29 is 8.81 Å². The molecule has 0 spiro atoms. The second kappa shape index (κ2) is 5.93. The summed E-state index contributed by atoms with van der Waals surface area (Å²) in [5, 5.41) is 8.12. The van der Waals surface area contributed by atoms with E-state index in [1.165, 1.54) is 6.07 Å². The fourth-order valence-electron chi connectivity index (χ4n) is 2.86. The van der Waals surface area contributed by atoms with Crippen LogP contribution in [-0.4, -0.2) is 34.7 Å². The van der Waals surface area contributed by atoms with E-state index in [4.69, 9.17) is 4.42 Å². The van der Waals surface area contributed by atoms with Crippen molar-refractivity contribution in [3.05, 3.63) is 36.0 Å². The molecule has 21 heavy (non-hydrogen) atoms. The van der Waals surface area contributed by atoms with Gasteiger partial charge in [-0.2, -0.15) is 0 Å². The van der Waals surface area contributed by atoms with Crippen molar-refractivity contribution >= 4 is 0 Å². The van der Waals surface area contributed by atoms with E-state index < -0.39 is 0 Å². The van der Waals surface area contributed by atoms with Gasteiger partial charge in [0.15, 0.2) is 0 Å². The fraction of sp³-hybridized carbons (Fsp3) is 0.500. The normalized spacial score (nSPS) is 19.5. The summed E-state index contributed by atoms with van der Waals surface area (Å²) in [6.45, 7) is 7.52. The van der Waals surface area contributed by atoms with Gasteiger partial charge in [0.05, 0.1) is 11.5 Å². The molecule has 5 heteroatoms. The first-order valence-electron chi connectivity index (χ1n) is 7.44. The summed E-state index contributed by atoms with van der Waals surface area (Å²) in [6, 6.07) is 6.48. The van der Waals surface area contributed by atoms with Crippen LogP contribution in [0.25, 0.3) is 11.5 Å². The lowest BCUT2D eigenvalue weighted by atomic mass is 10.1. The molecule has 1 aliphatic heterocycles. The summed E-state index contributed by atoms with van der Waals surface area (Å²) in [5.41, 5.74) is 0.369. The van der Waals surface area contributed by atoms with Crippen LogP contribution in [0.5, 0.6) is 0 Å². The van der Waals surface area contributed by atoms with Gasteiger partial charge in [0.25, 0.3) is 5.89 Å². The van der Waals surface area contributed by atoms with Gasteiger partial charge >= 0.3 is 0 Å². The zero-order valence-electron chi connectivity index (χ0n) is 12.4. The highest BCUT2D eigenvalue weighted by atomic mass is 19.1. The van der Waals surface area contributed by atoms with Crippen LogP contribution in [0.3, 0.4) is 0 Å². The second-order valence-electron chi connectivity index (χ2n) is 6.06. The standard InChI is InChI=1S/C16H20FN3O/c1-11(2)9-20-8-7-12(10-20)15-18-19-16(21-15)13-5-3-4-6-14(13)17/h3-6,11-12H,7-10H2,1-2H3/t12-/m0/s1. The van der Waals surface area contributed by atoms with Gasteiger partial charge in [-0.1, -0.05) is 26.0 Å². The fourth-order valence-corrected chi connectivity index (χ4v) is 2.86. The summed E-state index contributed by atoms with van der Waals surface area (Å²) in [5.74, 6) is 1.47. The average Bonchev–Trinajstić information content (AvgIpc) is 3.07. The Hall–Kier alpha value is -1.75. The SMILES string of the molecule is CC(C)CN1CC[C@H](c2nnc(-c3ccccc3F)o2)C1. The van der Waals surface area contributed by atoms with Crippen LogP contribution >= 0.6 is 0 Å². The predicted octanol–water partition coefficient (Wildman–Crippen LogP) is 3.32. The molecule has 1 aromatic carbocycles. The molecule has 1 saturated heterocycles. The number of hydrogen-bond donors (Lipinski definition) is 0. The third kappa shape index (κ3) is 3.13. The first-order valence-corrected chi connectivity index (χ1v) is 7.44. The number of benzene rings is 1. The number of nitrogens with zero attached hydrogens (tertiary/aromatic N) is 3. The van der Waals surface area contributed by atoms with Crippen molar-refractivity contribution in [2.24, 2.45) is 5.92 Å². The van der Waals surface area contributed by atoms with Crippen molar-refractivity contribution in [2.75, 3.05) is 19.6 Å². The molecule has 0 amide bonds. The number of likely N-dealkylation sites (tertiary alicyclic amines) is 1. The average molecular weight is 289 g/mol. The van der Waals surface area contributed by atoms with Crippen LogP contribution in [0, 0.1) is 11.7 Å². The molecular weight excluding hydrogens is 269 g/mol. The maximum atomic E-state index is 13.7. The molecule has 1 aromatic heterocycles. The van der Waals surface area contributed by atoms with Gasteiger partial charge in [-0.05, 0) is 31.0 Å². The summed E-state index contributed by atoms with van der Waals surface area (Å²) >= 11 is 0. The van der Waals surface area contributed by atoms with Crippen LogP contribution in [0.4, 0.5) is 4.39 Å². The zero-order chi connectivity index (χ0) is 14.8. The Bertz CT molecular complexity index is 611. The highest BCUT2D eigenvalue weighted by Gasteiger charge is 2.28. The molecule has 0 aliphatic carbocycles. The van der Waals surface area contributed by atoms with Crippen LogP contribution in [-0.2, 0) is 0 Å². The third-order valence-electron chi connectivity index (χ3n) is 3.79. The molecule has 1 aliphatic rings. The van der Waals surface area contributed by atoms with Crippen molar-refractivity contribution in [1.29, 1.82) is 0 Å². The lowest BCUT2D eigenvalue weighted by Crippen LogP contribution is -2.24. The topological polar surface area (TPSA) is 42.2 Å². The molecule has 0 unspecified atom stereocenters. The number of rotatable bonds is 4. The highest BCUT2D eigenvalue weighted by molar-refractivity contribution is 5.53. The number of hydrogen-bond acceptors (Lipinski definition) is 4. The van der Waals surface area contributed by atoms with E-state index in [0.29, 0.717) is 17.4 Å². The Morgan fingerprint density at radius 1 is 1.33 bits per heavy atom. The van der Waals surface area contributed by atoms with E-state index in [-0.39, 0.29) is 17.6 Å². The maximum Gasteiger partial charge on any atom is 0.250 e. The molecule has 0 radical (unpaired) electrons. The Labute approximate surface area is 124 Å². The van der Waals surface area contributed by atoms with Crippen LogP contribution in [0.2, 0.25) is 0 Å². The molecule has 0 saturated carbocycles. The van der Waals surface area contributed by atoms with Gasteiger partial charge < -0.3 is 9.32 Å². The first-order chi connectivity index (χ1) is 10.1. The molecule has 0 N–H and O–H groups in total. The van der Waals surface area contributed by atoms with E-state index in [2.05, 4.69) is 28.9 Å². The van der Waals surface area contributed by atoms with E-state index in [1.54, 1.807) is 18.2 Å². The van der Waals surface area contributed by atoms with Crippen LogP contribution in [0.15, 0.2) is 28.7 Å². The summed E-state index contributed by atoms with van der Waals surface area (Å²) < 4.78 is 19.4. The monoisotopic (exact) mass is 289 g/mol. The van der Waals surface area contributed by atoms with E-state index in [1.807, 2.05) is 0 Å². The Morgan fingerprint density at radius 3 is 2.90 bits per heavy atom. The maximum absolute atomic E-state index is 13.7. The molecule has 1 atom stereocenters. The Balaban J connectivity index is 1.73. The smallest absolute Gasteiger partial charge is 0.250 e. The summed E-state index contributed by atoms with van der Waals surface area (Å²) in [4.78, 5) is 2.42. The lowest BCUT2D eigenvalue weighted by molar-refractivity contribution is 0.290. The molecular formula is C16H20FN3O. The van der Waals surface area contributed by atoms with Gasteiger partial charge in [-0.15, -0.1) is 10.2 Å².